The fourth-order valence-electron chi connectivity index (χ4n) is 3.50. The molecule has 19 heavy (non-hydrogen) atoms. The van der Waals surface area contributed by atoms with Gasteiger partial charge >= 0.3 is 0 Å². The van der Waals surface area contributed by atoms with Gasteiger partial charge in [-0.05, 0) is 38.6 Å². The van der Waals surface area contributed by atoms with Crippen molar-refractivity contribution in [2.75, 3.05) is 25.9 Å². The zero-order chi connectivity index (χ0) is 13.3. The molecule has 2 unspecified atom stereocenters. The maximum Gasteiger partial charge on any atom is 0.157 e. The van der Waals surface area contributed by atoms with E-state index in [1.165, 1.54) is 49.4 Å². The van der Waals surface area contributed by atoms with Crippen molar-refractivity contribution < 1.29 is 0 Å². The quantitative estimate of drug-likeness (QED) is 0.858. The molecule has 2 saturated carbocycles. The van der Waals surface area contributed by atoms with Crippen LogP contribution in [0.15, 0.2) is 4.99 Å². The normalized spacial score (nSPS) is 37.2. The second-order valence-electron chi connectivity index (χ2n) is 6.79. The third kappa shape index (κ3) is 3.46. The van der Waals surface area contributed by atoms with E-state index in [-0.39, 0.29) is 0 Å². The predicted molar refractivity (Wildman–Crippen MR) is 83.9 cm³/mol. The van der Waals surface area contributed by atoms with Crippen LogP contribution in [0.25, 0.3) is 0 Å². The largest absolute Gasteiger partial charge is 0.359 e. The molecule has 0 radical (unpaired) electrons. The Labute approximate surface area is 121 Å². The zero-order valence-electron chi connectivity index (χ0n) is 12.3. The Morgan fingerprint density at radius 2 is 2.26 bits per heavy atom. The Balaban J connectivity index is 1.47. The molecule has 3 aliphatic rings. The van der Waals surface area contributed by atoms with Crippen molar-refractivity contribution in [3.63, 3.8) is 0 Å². The number of likely N-dealkylation sites (N-methyl/N-ethyl adjacent to an activating group) is 1. The van der Waals surface area contributed by atoms with Crippen LogP contribution in [0.3, 0.4) is 0 Å². The average Bonchev–Trinajstić information content (AvgIpc) is 3.15. The molecule has 0 aromatic heterocycles. The molecule has 1 N–H and O–H groups in total. The fraction of sp³-hybridized carbons (Fsp3) is 0.933. The van der Waals surface area contributed by atoms with E-state index in [1.807, 2.05) is 11.8 Å². The summed E-state index contributed by atoms with van der Waals surface area (Å²) in [7, 11) is 2.23. The van der Waals surface area contributed by atoms with Crippen LogP contribution in [0, 0.1) is 5.92 Å². The van der Waals surface area contributed by atoms with Crippen molar-refractivity contribution in [1.29, 1.82) is 0 Å². The van der Waals surface area contributed by atoms with Gasteiger partial charge in [0.2, 0.25) is 0 Å². The number of rotatable bonds is 4. The minimum Gasteiger partial charge on any atom is -0.359 e. The number of hydrogen-bond donors (Lipinski definition) is 1. The number of amidine groups is 1. The minimum absolute atomic E-state index is 0.379. The second kappa shape index (κ2) is 5.65. The second-order valence-corrected chi connectivity index (χ2v) is 7.76. The first-order valence-corrected chi connectivity index (χ1v) is 8.81. The van der Waals surface area contributed by atoms with Gasteiger partial charge in [-0.1, -0.05) is 31.5 Å². The number of nitrogens with one attached hydrogen (secondary N) is 1. The number of nitrogens with zero attached hydrogens (tertiary/aromatic N) is 2. The number of hydrogen-bond acceptors (Lipinski definition) is 3. The molecular formula is C15H27N3S. The molecule has 4 heteroatoms. The molecule has 0 aromatic carbocycles. The lowest BCUT2D eigenvalue weighted by atomic mass is 9.78. The van der Waals surface area contributed by atoms with E-state index in [0.29, 0.717) is 5.54 Å². The lowest BCUT2D eigenvalue weighted by Crippen LogP contribution is -2.47. The molecule has 108 valence electrons. The molecule has 3 fully saturated rings. The summed E-state index contributed by atoms with van der Waals surface area (Å²) in [4.78, 5) is 7.24. The van der Waals surface area contributed by atoms with Gasteiger partial charge in [0, 0.05) is 23.9 Å². The SMILES string of the molecule is CC1CCCC2(CSC(=NCCN(C)C3CC3)N2)C1. The third-order valence-corrected chi connectivity index (χ3v) is 6.03. The topological polar surface area (TPSA) is 27.6 Å². The minimum atomic E-state index is 0.379. The molecule has 0 bridgehead atoms. The molecule has 3 rings (SSSR count). The highest BCUT2D eigenvalue weighted by Crippen LogP contribution is 2.38. The van der Waals surface area contributed by atoms with E-state index in [9.17, 15) is 0 Å². The van der Waals surface area contributed by atoms with Crippen molar-refractivity contribution in [2.45, 2.75) is 57.0 Å². The molecule has 0 aromatic rings. The highest BCUT2D eigenvalue weighted by atomic mass is 32.2. The lowest BCUT2D eigenvalue weighted by molar-refractivity contribution is 0.242. The first kappa shape index (κ1) is 13.7. The van der Waals surface area contributed by atoms with Crippen molar-refractivity contribution in [3.8, 4) is 0 Å². The van der Waals surface area contributed by atoms with Crippen LogP contribution in [0.5, 0.6) is 0 Å². The highest BCUT2D eigenvalue weighted by Gasteiger charge is 2.40. The smallest absolute Gasteiger partial charge is 0.157 e. The van der Waals surface area contributed by atoms with Crippen LogP contribution in [0.1, 0.15) is 45.4 Å². The average molecular weight is 281 g/mol. The monoisotopic (exact) mass is 281 g/mol. The summed E-state index contributed by atoms with van der Waals surface area (Å²) in [5.74, 6) is 2.11. The van der Waals surface area contributed by atoms with Crippen LogP contribution in [-0.4, -0.2) is 47.5 Å². The van der Waals surface area contributed by atoms with Crippen molar-refractivity contribution in [3.05, 3.63) is 0 Å². The van der Waals surface area contributed by atoms with E-state index in [4.69, 9.17) is 4.99 Å². The summed E-state index contributed by atoms with van der Waals surface area (Å²) in [5, 5.41) is 4.96. The van der Waals surface area contributed by atoms with Crippen LogP contribution >= 0.6 is 11.8 Å². The molecule has 0 amide bonds. The first-order valence-electron chi connectivity index (χ1n) is 7.83. The summed E-state index contributed by atoms with van der Waals surface area (Å²) in [6.07, 6.45) is 8.24. The molecule has 2 atom stereocenters. The maximum absolute atomic E-state index is 4.77. The van der Waals surface area contributed by atoms with Gasteiger partial charge in [0.15, 0.2) is 5.17 Å². The molecule has 3 nitrogen and oxygen atoms in total. The molecule has 1 heterocycles. The van der Waals surface area contributed by atoms with E-state index in [2.05, 4.69) is 24.2 Å². The Kier molecular flexibility index (Phi) is 4.08. The van der Waals surface area contributed by atoms with Crippen LogP contribution in [-0.2, 0) is 0 Å². The van der Waals surface area contributed by atoms with Crippen LogP contribution in [0.4, 0.5) is 0 Å². The van der Waals surface area contributed by atoms with Gasteiger partial charge in [-0.15, -0.1) is 0 Å². The summed E-state index contributed by atoms with van der Waals surface area (Å²) in [6, 6.07) is 0.856. The zero-order valence-corrected chi connectivity index (χ0v) is 13.1. The van der Waals surface area contributed by atoms with Crippen molar-refractivity contribution in [1.82, 2.24) is 10.2 Å². The van der Waals surface area contributed by atoms with Gasteiger partial charge in [0.1, 0.15) is 0 Å². The Hall–Kier alpha value is -0.220. The van der Waals surface area contributed by atoms with Crippen LogP contribution < -0.4 is 5.32 Å². The summed E-state index contributed by atoms with van der Waals surface area (Å²) in [6.45, 7) is 4.46. The van der Waals surface area contributed by atoms with Gasteiger partial charge < -0.3 is 10.2 Å². The van der Waals surface area contributed by atoms with Crippen molar-refractivity contribution in [2.24, 2.45) is 10.9 Å². The van der Waals surface area contributed by atoms with Crippen molar-refractivity contribution >= 4 is 16.9 Å². The molecule has 2 aliphatic carbocycles. The maximum atomic E-state index is 4.77. The summed E-state index contributed by atoms with van der Waals surface area (Å²) in [5.41, 5.74) is 0.379. The van der Waals surface area contributed by atoms with Gasteiger partial charge in [0.25, 0.3) is 0 Å². The number of thioether (sulfide) groups is 1. The fourth-order valence-corrected chi connectivity index (χ4v) is 4.72. The van der Waals surface area contributed by atoms with Crippen LogP contribution in [0.2, 0.25) is 0 Å². The predicted octanol–water partition coefficient (Wildman–Crippen LogP) is 2.72. The van der Waals surface area contributed by atoms with E-state index in [0.717, 1.165) is 25.0 Å². The van der Waals surface area contributed by atoms with Gasteiger partial charge in [-0.25, -0.2) is 0 Å². The third-order valence-electron chi connectivity index (χ3n) is 4.83. The summed E-state index contributed by atoms with van der Waals surface area (Å²) >= 11 is 1.95. The molecule has 1 spiro atoms. The Morgan fingerprint density at radius 3 is 3.00 bits per heavy atom. The van der Waals surface area contributed by atoms with E-state index >= 15 is 0 Å². The van der Waals surface area contributed by atoms with E-state index in [1.54, 1.807) is 0 Å². The Morgan fingerprint density at radius 1 is 1.42 bits per heavy atom. The lowest BCUT2D eigenvalue weighted by Gasteiger charge is -2.36. The molecule has 1 aliphatic heterocycles. The molecular weight excluding hydrogens is 254 g/mol. The number of aliphatic imine (C=N–C) groups is 1. The van der Waals surface area contributed by atoms with E-state index < -0.39 is 0 Å². The Bertz CT molecular complexity index is 353. The highest BCUT2D eigenvalue weighted by molar-refractivity contribution is 8.14. The summed E-state index contributed by atoms with van der Waals surface area (Å²) < 4.78 is 0. The van der Waals surface area contributed by atoms with Gasteiger partial charge in [-0.2, -0.15) is 0 Å². The first-order chi connectivity index (χ1) is 9.17. The standard InChI is InChI=1S/C15H27N3S/c1-12-4-3-7-15(10-12)11-19-14(17-15)16-8-9-18(2)13-5-6-13/h12-13H,3-11H2,1-2H3,(H,16,17). The van der Waals surface area contributed by atoms with Gasteiger partial charge in [-0.3, -0.25) is 4.99 Å². The van der Waals surface area contributed by atoms with Gasteiger partial charge in [0.05, 0.1) is 6.54 Å². The molecule has 1 saturated heterocycles.